The number of halogens is 3. The van der Waals surface area contributed by atoms with Gasteiger partial charge in [-0.1, -0.05) is 6.07 Å². The minimum atomic E-state index is -4.38. The number of benzene rings is 1. The van der Waals surface area contributed by atoms with E-state index in [1.54, 1.807) is 6.07 Å². The standard InChI is InChI=1S/C11H13F3N2/c12-11(13,14)8-6-7(3-4-9(8)15)10-2-1-5-16-10/h3-4,6,10,16H,1-2,5,15H2/t10-/m1/s1. The van der Waals surface area contributed by atoms with Gasteiger partial charge in [0.2, 0.25) is 0 Å². The van der Waals surface area contributed by atoms with Gasteiger partial charge in [0.15, 0.2) is 0 Å². The highest BCUT2D eigenvalue weighted by Crippen LogP contribution is 2.36. The van der Waals surface area contributed by atoms with E-state index < -0.39 is 11.7 Å². The number of nitrogens with two attached hydrogens (primary N) is 1. The molecule has 0 unspecified atom stereocenters. The Labute approximate surface area is 91.6 Å². The minimum Gasteiger partial charge on any atom is -0.398 e. The van der Waals surface area contributed by atoms with Crippen molar-refractivity contribution in [2.75, 3.05) is 12.3 Å². The van der Waals surface area contributed by atoms with Crippen LogP contribution in [0.3, 0.4) is 0 Å². The second-order valence-electron chi connectivity index (χ2n) is 3.99. The molecule has 16 heavy (non-hydrogen) atoms. The number of nitrogen functional groups attached to an aromatic ring is 1. The van der Waals surface area contributed by atoms with E-state index in [0.717, 1.165) is 25.5 Å². The maximum Gasteiger partial charge on any atom is 0.418 e. The van der Waals surface area contributed by atoms with E-state index in [1.807, 2.05) is 0 Å². The second kappa shape index (κ2) is 3.97. The topological polar surface area (TPSA) is 38.0 Å². The van der Waals surface area contributed by atoms with Gasteiger partial charge in [-0.2, -0.15) is 13.2 Å². The largest absolute Gasteiger partial charge is 0.418 e. The van der Waals surface area contributed by atoms with Crippen LogP contribution in [0.4, 0.5) is 18.9 Å². The summed E-state index contributed by atoms with van der Waals surface area (Å²) in [5, 5.41) is 3.16. The number of anilines is 1. The van der Waals surface area contributed by atoms with Crippen LogP contribution in [0.2, 0.25) is 0 Å². The Morgan fingerprint density at radius 2 is 2.06 bits per heavy atom. The fraction of sp³-hybridized carbons (Fsp3) is 0.455. The molecule has 1 fully saturated rings. The lowest BCUT2D eigenvalue weighted by molar-refractivity contribution is -0.137. The highest BCUT2D eigenvalue weighted by molar-refractivity contribution is 5.50. The van der Waals surface area contributed by atoms with Crippen molar-refractivity contribution >= 4 is 5.69 Å². The van der Waals surface area contributed by atoms with Gasteiger partial charge in [-0.3, -0.25) is 0 Å². The maximum absolute atomic E-state index is 12.6. The predicted octanol–water partition coefficient (Wildman–Crippen LogP) is 2.71. The van der Waals surface area contributed by atoms with Gasteiger partial charge >= 0.3 is 6.18 Å². The molecule has 1 aromatic carbocycles. The van der Waals surface area contributed by atoms with Crippen LogP contribution < -0.4 is 11.1 Å². The third-order valence-corrected chi connectivity index (χ3v) is 2.85. The van der Waals surface area contributed by atoms with Gasteiger partial charge in [-0.25, -0.2) is 0 Å². The first-order chi connectivity index (χ1) is 7.48. The molecule has 0 bridgehead atoms. The van der Waals surface area contributed by atoms with Crippen LogP contribution in [0.5, 0.6) is 0 Å². The highest BCUT2D eigenvalue weighted by atomic mass is 19.4. The van der Waals surface area contributed by atoms with Crippen molar-refractivity contribution in [1.29, 1.82) is 0 Å². The quantitative estimate of drug-likeness (QED) is 0.728. The van der Waals surface area contributed by atoms with E-state index in [4.69, 9.17) is 5.73 Å². The first-order valence-electron chi connectivity index (χ1n) is 5.18. The maximum atomic E-state index is 12.6. The minimum absolute atomic E-state index is 0.0294. The van der Waals surface area contributed by atoms with Crippen LogP contribution >= 0.6 is 0 Å². The van der Waals surface area contributed by atoms with E-state index in [0.29, 0.717) is 5.56 Å². The monoisotopic (exact) mass is 230 g/mol. The number of rotatable bonds is 1. The summed E-state index contributed by atoms with van der Waals surface area (Å²) in [6, 6.07) is 4.17. The van der Waals surface area contributed by atoms with E-state index in [2.05, 4.69) is 5.32 Å². The van der Waals surface area contributed by atoms with E-state index >= 15 is 0 Å². The summed E-state index contributed by atoms with van der Waals surface area (Å²) in [4.78, 5) is 0. The van der Waals surface area contributed by atoms with Crippen molar-refractivity contribution < 1.29 is 13.2 Å². The molecule has 0 radical (unpaired) electrons. The fourth-order valence-electron chi connectivity index (χ4n) is 2.01. The molecule has 2 rings (SSSR count). The van der Waals surface area contributed by atoms with Crippen molar-refractivity contribution in [2.24, 2.45) is 0 Å². The first-order valence-corrected chi connectivity index (χ1v) is 5.18. The lowest BCUT2D eigenvalue weighted by atomic mass is 10.0. The molecule has 3 N–H and O–H groups in total. The zero-order valence-electron chi connectivity index (χ0n) is 8.64. The zero-order chi connectivity index (χ0) is 11.8. The van der Waals surface area contributed by atoms with Crippen molar-refractivity contribution in [2.45, 2.75) is 25.1 Å². The molecule has 88 valence electrons. The Bertz CT molecular complexity index is 381. The average Bonchev–Trinajstić information content (AvgIpc) is 2.69. The Morgan fingerprint density at radius 3 is 2.62 bits per heavy atom. The molecule has 0 spiro atoms. The molecule has 5 heteroatoms. The Morgan fingerprint density at radius 1 is 1.31 bits per heavy atom. The van der Waals surface area contributed by atoms with Crippen molar-refractivity contribution in [3.8, 4) is 0 Å². The van der Waals surface area contributed by atoms with Gasteiger partial charge in [-0.15, -0.1) is 0 Å². The average molecular weight is 230 g/mol. The van der Waals surface area contributed by atoms with Crippen molar-refractivity contribution in [3.05, 3.63) is 29.3 Å². The lowest BCUT2D eigenvalue weighted by Gasteiger charge is -2.15. The summed E-state index contributed by atoms with van der Waals surface area (Å²) >= 11 is 0. The Hall–Kier alpha value is -1.23. The molecule has 0 aromatic heterocycles. The predicted molar refractivity (Wildman–Crippen MR) is 55.8 cm³/mol. The Kier molecular flexibility index (Phi) is 2.80. The number of hydrogen-bond acceptors (Lipinski definition) is 2. The molecular formula is C11H13F3N2. The highest BCUT2D eigenvalue weighted by Gasteiger charge is 2.33. The fourth-order valence-corrected chi connectivity index (χ4v) is 2.01. The Balaban J connectivity index is 2.35. The van der Waals surface area contributed by atoms with Gasteiger partial charge in [0, 0.05) is 11.7 Å². The van der Waals surface area contributed by atoms with E-state index in [-0.39, 0.29) is 11.7 Å². The van der Waals surface area contributed by atoms with Crippen LogP contribution in [-0.4, -0.2) is 6.54 Å². The molecule has 1 atom stereocenters. The van der Waals surface area contributed by atoms with Gasteiger partial charge in [0.25, 0.3) is 0 Å². The summed E-state index contributed by atoms with van der Waals surface area (Å²) < 4.78 is 37.8. The number of hydrogen-bond donors (Lipinski definition) is 2. The van der Waals surface area contributed by atoms with Gasteiger partial charge in [0.1, 0.15) is 0 Å². The van der Waals surface area contributed by atoms with E-state index in [1.165, 1.54) is 6.07 Å². The molecule has 0 amide bonds. The molecule has 0 saturated carbocycles. The molecule has 1 aliphatic rings. The molecule has 0 aliphatic carbocycles. The third kappa shape index (κ3) is 2.14. The smallest absolute Gasteiger partial charge is 0.398 e. The van der Waals surface area contributed by atoms with Crippen molar-refractivity contribution in [3.63, 3.8) is 0 Å². The van der Waals surface area contributed by atoms with Crippen LogP contribution in [0.25, 0.3) is 0 Å². The van der Waals surface area contributed by atoms with E-state index in [9.17, 15) is 13.2 Å². The normalized spacial score (nSPS) is 21.3. The van der Waals surface area contributed by atoms with Crippen LogP contribution in [0.15, 0.2) is 18.2 Å². The summed E-state index contributed by atoms with van der Waals surface area (Å²) in [6.07, 6.45) is -2.50. The summed E-state index contributed by atoms with van der Waals surface area (Å²) in [5.41, 5.74) is 5.05. The lowest BCUT2D eigenvalue weighted by Crippen LogP contribution is -2.15. The molecular weight excluding hydrogens is 217 g/mol. The molecule has 1 aliphatic heterocycles. The SMILES string of the molecule is Nc1ccc([C@H]2CCCN2)cc1C(F)(F)F. The first kappa shape index (κ1) is 11.3. The van der Waals surface area contributed by atoms with Gasteiger partial charge in [-0.05, 0) is 37.1 Å². The number of nitrogens with one attached hydrogen (secondary N) is 1. The van der Waals surface area contributed by atoms with Crippen LogP contribution in [0, 0.1) is 0 Å². The molecule has 1 aromatic rings. The number of alkyl halides is 3. The van der Waals surface area contributed by atoms with Crippen LogP contribution in [0.1, 0.15) is 30.0 Å². The molecule has 2 nitrogen and oxygen atoms in total. The zero-order valence-corrected chi connectivity index (χ0v) is 8.64. The molecule has 1 heterocycles. The summed E-state index contributed by atoms with van der Waals surface area (Å²) in [7, 11) is 0. The second-order valence-corrected chi connectivity index (χ2v) is 3.99. The molecule has 1 saturated heterocycles. The third-order valence-electron chi connectivity index (χ3n) is 2.85. The van der Waals surface area contributed by atoms with Gasteiger partial charge in [0.05, 0.1) is 5.56 Å². The van der Waals surface area contributed by atoms with Gasteiger partial charge < -0.3 is 11.1 Å². The summed E-state index contributed by atoms with van der Waals surface area (Å²) in [6.45, 7) is 0.858. The summed E-state index contributed by atoms with van der Waals surface area (Å²) in [5.74, 6) is 0. The van der Waals surface area contributed by atoms with Crippen molar-refractivity contribution in [1.82, 2.24) is 5.32 Å². The van der Waals surface area contributed by atoms with Crippen LogP contribution in [-0.2, 0) is 6.18 Å².